The molecule has 14 heavy (non-hydrogen) atoms. The molecule has 0 heterocycles. The fourth-order valence-electron chi connectivity index (χ4n) is 1.72. The number of hydrogen-bond donors (Lipinski definition) is 1. The Kier molecular flexibility index (Phi) is 2.30. The van der Waals surface area contributed by atoms with Crippen LogP contribution in [0.2, 0.25) is 0 Å². The lowest BCUT2D eigenvalue weighted by Crippen LogP contribution is -2.16. The molecule has 0 aliphatic heterocycles. The van der Waals surface area contributed by atoms with Crippen molar-refractivity contribution in [3.63, 3.8) is 0 Å². The summed E-state index contributed by atoms with van der Waals surface area (Å²) in [6, 6.07) is 9.49. The molecule has 1 aromatic rings. The van der Waals surface area contributed by atoms with E-state index in [-0.39, 0.29) is 0 Å². The smallest absolute Gasteiger partial charge is 0.127 e. The minimum absolute atomic E-state index is 0.405. The summed E-state index contributed by atoms with van der Waals surface area (Å²) >= 11 is 12.0. The first-order valence-corrected chi connectivity index (χ1v) is 5.34. The zero-order valence-corrected chi connectivity index (χ0v) is 9.39. The predicted molar refractivity (Wildman–Crippen MR) is 58.6 cm³/mol. The van der Waals surface area contributed by atoms with Crippen molar-refractivity contribution in [2.75, 3.05) is 0 Å². The quantitative estimate of drug-likeness (QED) is 0.774. The molecule has 0 radical (unpaired) electrons. The van der Waals surface area contributed by atoms with Crippen LogP contribution < -0.4 is 0 Å². The van der Waals surface area contributed by atoms with Gasteiger partial charge >= 0.3 is 0 Å². The highest BCUT2D eigenvalue weighted by Crippen LogP contribution is 2.69. The topological polar surface area (TPSA) is 20.2 Å². The Morgan fingerprint density at radius 2 is 1.79 bits per heavy atom. The number of hydrogen-bond acceptors (Lipinski definition) is 1. The summed E-state index contributed by atoms with van der Waals surface area (Å²) < 4.78 is -0.776. The molecule has 76 valence electrons. The molecular weight excluding hydrogens is 219 g/mol. The second kappa shape index (κ2) is 3.13. The van der Waals surface area contributed by atoms with Gasteiger partial charge in [0.2, 0.25) is 0 Å². The molecule has 0 bridgehead atoms. The highest BCUT2D eigenvalue weighted by molar-refractivity contribution is 6.51. The monoisotopic (exact) mass is 230 g/mol. The third-order valence-corrected chi connectivity index (χ3v) is 4.15. The number of halogens is 2. The van der Waals surface area contributed by atoms with E-state index in [4.69, 9.17) is 23.2 Å². The summed E-state index contributed by atoms with van der Waals surface area (Å²) in [7, 11) is 0. The lowest BCUT2D eigenvalue weighted by Gasteiger charge is -2.20. The third-order valence-electron chi connectivity index (χ3n) is 3.02. The van der Waals surface area contributed by atoms with Crippen LogP contribution in [0.5, 0.6) is 0 Å². The summed E-state index contributed by atoms with van der Waals surface area (Å²) in [6.07, 6.45) is 0.0535. The maximum Gasteiger partial charge on any atom is 0.127 e. The lowest BCUT2D eigenvalue weighted by atomic mass is 9.95. The van der Waals surface area contributed by atoms with Crippen LogP contribution in [-0.4, -0.2) is 9.44 Å². The highest BCUT2D eigenvalue weighted by atomic mass is 35.5. The average Bonchev–Trinajstić information content (AvgIpc) is 2.68. The van der Waals surface area contributed by atoms with Gasteiger partial charge in [-0.25, -0.2) is 0 Å². The van der Waals surface area contributed by atoms with Crippen molar-refractivity contribution in [3.05, 3.63) is 35.9 Å². The molecule has 0 aromatic heterocycles. The Labute approximate surface area is 93.7 Å². The molecule has 1 fully saturated rings. The number of aliphatic hydroxyl groups is 1. The molecule has 0 unspecified atom stereocenters. The van der Waals surface area contributed by atoms with Gasteiger partial charge < -0.3 is 5.11 Å². The first kappa shape index (κ1) is 10.3. The summed E-state index contributed by atoms with van der Waals surface area (Å²) in [5.74, 6) is 0. The Morgan fingerprint density at radius 1 is 1.29 bits per heavy atom. The van der Waals surface area contributed by atoms with Crippen LogP contribution in [0, 0.1) is 5.41 Å². The minimum atomic E-state index is -0.776. The van der Waals surface area contributed by atoms with E-state index in [1.54, 1.807) is 0 Å². The van der Waals surface area contributed by atoms with Gasteiger partial charge in [-0.1, -0.05) is 37.3 Å². The lowest BCUT2D eigenvalue weighted by molar-refractivity contribution is 0.102. The van der Waals surface area contributed by atoms with E-state index < -0.39 is 15.9 Å². The molecule has 0 saturated heterocycles. The van der Waals surface area contributed by atoms with Crippen LogP contribution >= 0.6 is 23.2 Å². The van der Waals surface area contributed by atoms with Gasteiger partial charge in [-0.15, -0.1) is 23.2 Å². The zero-order valence-electron chi connectivity index (χ0n) is 7.87. The molecule has 1 nitrogen and oxygen atoms in total. The molecule has 1 aliphatic carbocycles. The van der Waals surface area contributed by atoms with Gasteiger partial charge in [0.25, 0.3) is 0 Å². The first-order valence-electron chi connectivity index (χ1n) is 4.58. The number of benzene rings is 1. The number of alkyl halides is 2. The zero-order chi connectivity index (χ0) is 10.4. The van der Waals surface area contributed by atoms with Crippen LogP contribution in [0.25, 0.3) is 0 Å². The molecule has 2 rings (SSSR count). The highest BCUT2D eigenvalue weighted by Gasteiger charge is 2.66. The molecular formula is C11H12Cl2O. The number of aliphatic hydroxyl groups excluding tert-OH is 1. The summed E-state index contributed by atoms with van der Waals surface area (Å²) in [5, 5.41) is 10.1. The molecule has 0 spiro atoms. The van der Waals surface area contributed by atoms with E-state index in [2.05, 4.69) is 0 Å². The van der Waals surface area contributed by atoms with E-state index in [1.807, 2.05) is 37.3 Å². The Bertz CT molecular complexity index is 336. The fraction of sp³-hybridized carbons (Fsp3) is 0.455. The van der Waals surface area contributed by atoms with Crippen LogP contribution in [0.1, 0.15) is 25.0 Å². The van der Waals surface area contributed by atoms with E-state index in [9.17, 15) is 5.11 Å². The Balaban J connectivity index is 2.23. The molecule has 0 amide bonds. The van der Waals surface area contributed by atoms with Crippen molar-refractivity contribution >= 4 is 23.2 Å². The molecule has 1 aliphatic rings. The van der Waals surface area contributed by atoms with Crippen molar-refractivity contribution in [3.8, 4) is 0 Å². The van der Waals surface area contributed by atoms with E-state index in [0.717, 1.165) is 5.56 Å². The SMILES string of the molecule is C[C@@]1([C@H](O)c2ccccc2)CC1(Cl)Cl. The van der Waals surface area contributed by atoms with Crippen molar-refractivity contribution in [1.82, 2.24) is 0 Å². The van der Waals surface area contributed by atoms with Crippen LogP contribution in [-0.2, 0) is 0 Å². The summed E-state index contributed by atoms with van der Waals surface area (Å²) in [4.78, 5) is 0. The van der Waals surface area contributed by atoms with Gasteiger partial charge in [0.1, 0.15) is 4.33 Å². The summed E-state index contributed by atoms with van der Waals surface area (Å²) in [5.41, 5.74) is 0.468. The van der Waals surface area contributed by atoms with Gasteiger partial charge in [0, 0.05) is 5.41 Å². The van der Waals surface area contributed by atoms with E-state index in [0.29, 0.717) is 6.42 Å². The van der Waals surface area contributed by atoms with Gasteiger partial charge in [-0.05, 0) is 12.0 Å². The number of rotatable bonds is 2. The second-order valence-corrected chi connectivity index (χ2v) is 5.60. The van der Waals surface area contributed by atoms with Crippen molar-refractivity contribution in [1.29, 1.82) is 0 Å². The average molecular weight is 231 g/mol. The third kappa shape index (κ3) is 1.44. The Hall–Kier alpha value is -0.240. The molecule has 1 N–H and O–H groups in total. The normalized spacial score (nSPS) is 31.1. The van der Waals surface area contributed by atoms with Gasteiger partial charge in [-0.3, -0.25) is 0 Å². The van der Waals surface area contributed by atoms with E-state index >= 15 is 0 Å². The maximum absolute atomic E-state index is 10.1. The van der Waals surface area contributed by atoms with Crippen LogP contribution in [0.4, 0.5) is 0 Å². The minimum Gasteiger partial charge on any atom is -0.388 e. The molecule has 1 aromatic carbocycles. The standard InChI is InChI=1S/C11H12Cl2O/c1-10(7-11(10,12)13)9(14)8-5-3-2-4-6-8/h2-6,9,14H,7H2,1H3/t9-,10+/m1/s1. The van der Waals surface area contributed by atoms with Gasteiger partial charge in [0.15, 0.2) is 0 Å². The van der Waals surface area contributed by atoms with Crippen molar-refractivity contribution in [2.45, 2.75) is 23.8 Å². The van der Waals surface area contributed by atoms with E-state index in [1.165, 1.54) is 0 Å². The largest absolute Gasteiger partial charge is 0.388 e. The van der Waals surface area contributed by atoms with Crippen LogP contribution in [0.3, 0.4) is 0 Å². The predicted octanol–water partition coefficient (Wildman–Crippen LogP) is 3.30. The van der Waals surface area contributed by atoms with Crippen LogP contribution in [0.15, 0.2) is 30.3 Å². The van der Waals surface area contributed by atoms with Crippen molar-refractivity contribution < 1.29 is 5.11 Å². The molecule has 3 heteroatoms. The van der Waals surface area contributed by atoms with Gasteiger partial charge in [0.05, 0.1) is 6.10 Å². The maximum atomic E-state index is 10.1. The second-order valence-electron chi connectivity index (χ2n) is 4.11. The van der Waals surface area contributed by atoms with Crippen molar-refractivity contribution in [2.24, 2.45) is 5.41 Å². The summed E-state index contributed by atoms with van der Waals surface area (Å²) in [6.45, 7) is 1.91. The first-order chi connectivity index (χ1) is 6.47. The fourth-order valence-corrected chi connectivity index (χ4v) is 2.48. The molecule has 2 atom stereocenters. The van der Waals surface area contributed by atoms with Gasteiger partial charge in [-0.2, -0.15) is 0 Å². The molecule has 1 saturated carbocycles. The Morgan fingerprint density at radius 3 is 2.21 bits per heavy atom.